The Hall–Kier alpha value is -3.18. The van der Waals surface area contributed by atoms with E-state index in [1.54, 1.807) is 0 Å². The first-order valence-corrected chi connectivity index (χ1v) is 9.48. The number of allylic oxidation sites excluding steroid dienone is 2. The van der Waals surface area contributed by atoms with Crippen LogP contribution in [0, 0.1) is 0 Å². The molecule has 10 heteroatoms. The van der Waals surface area contributed by atoms with Gasteiger partial charge in [0.1, 0.15) is 35.9 Å². The first-order chi connectivity index (χ1) is 14.7. The van der Waals surface area contributed by atoms with Crippen LogP contribution in [0.15, 0.2) is 59.3 Å². The van der Waals surface area contributed by atoms with Crippen LogP contribution in [0.25, 0.3) is 5.76 Å². The molecule has 0 radical (unpaired) electrons. The van der Waals surface area contributed by atoms with Crippen molar-refractivity contribution in [1.29, 1.82) is 0 Å². The zero-order chi connectivity index (χ0) is 22.4. The molecule has 0 amide bonds. The number of phenols is 2. The second-order valence-corrected chi connectivity index (χ2v) is 7.46. The van der Waals surface area contributed by atoms with Gasteiger partial charge in [0.15, 0.2) is 23.0 Å². The van der Waals surface area contributed by atoms with Gasteiger partial charge in [0.05, 0.1) is 6.10 Å². The molecule has 1 saturated heterocycles. The fourth-order valence-electron chi connectivity index (χ4n) is 3.51. The number of benzene rings is 1. The third kappa shape index (κ3) is 3.81. The van der Waals surface area contributed by atoms with E-state index >= 15 is 0 Å². The number of hydrogen-bond donors (Lipinski definition) is 7. The third-order valence-electron chi connectivity index (χ3n) is 5.25. The molecule has 2 heterocycles. The molecule has 1 fully saturated rings. The van der Waals surface area contributed by atoms with Crippen LogP contribution in [0.3, 0.4) is 0 Å². The van der Waals surface area contributed by atoms with Crippen molar-refractivity contribution in [2.75, 3.05) is 0 Å². The van der Waals surface area contributed by atoms with E-state index in [9.17, 15) is 35.7 Å². The summed E-state index contributed by atoms with van der Waals surface area (Å²) in [5.41, 5.74) is 0.528. The molecule has 1 aliphatic carbocycles. The summed E-state index contributed by atoms with van der Waals surface area (Å²) in [6, 6.07) is 3.89. The lowest BCUT2D eigenvalue weighted by molar-refractivity contribution is -0.282. The molecule has 7 N–H and O–H groups in total. The van der Waals surface area contributed by atoms with Crippen molar-refractivity contribution in [2.24, 2.45) is 0 Å². The molecular formula is C21H22O10. The summed E-state index contributed by atoms with van der Waals surface area (Å²) in [4.78, 5) is 0. The molecule has 166 valence electrons. The predicted molar refractivity (Wildman–Crippen MR) is 105 cm³/mol. The molecule has 1 aromatic rings. The van der Waals surface area contributed by atoms with Crippen LogP contribution >= 0.6 is 0 Å². The summed E-state index contributed by atoms with van der Waals surface area (Å²) in [5.74, 6) is -1.24. The topological polar surface area (TPSA) is 169 Å². The van der Waals surface area contributed by atoms with Gasteiger partial charge in [0.25, 0.3) is 0 Å². The monoisotopic (exact) mass is 434 g/mol. The van der Waals surface area contributed by atoms with E-state index in [0.29, 0.717) is 0 Å². The normalized spacial score (nSPS) is 33.0. The van der Waals surface area contributed by atoms with Gasteiger partial charge in [0.2, 0.25) is 6.29 Å². The first kappa shape index (κ1) is 21.1. The maximum Gasteiger partial charge on any atom is 0.229 e. The molecule has 1 unspecified atom stereocenters. The van der Waals surface area contributed by atoms with Gasteiger partial charge in [-0.2, -0.15) is 0 Å². The second-order valence-electron chi connectivity index (χ2n) is 7.46. The Morgan fingerprint density at radius 2 is 1.65 bits per heavy atom. The highest BCUT2D eigenvalue weighted by molar-refractivity contribution is 5.70. The van der Waals surface area contributed by atoms with Crippen LogP contribution in [-0.2, 0) is 14.2 Å². The van der Waals surface area contributed by atoms with E-state index in [1.165, 1.54) is 37.3 Å². The van der Waals surface area contributed by atoms with Crippen molar-refractivity contribution in [1.82, 2.24) is 0 Å². The summed E-state index contributed by atoms with van der Waals surface area (Å²) in [7, 11) is 0. The van der Waals surface area contributed by atoms with Crippen LogP contribution < -0.4 is 0 Å². The van der Waals surface area contributed by atoms with E-state index in [1.807, 2.05) is 0 Å². The van der Waals surface area contributed by atoms with E-state index in [-0.39, 0.29) is 39.9 Å². The molecule has 6 atom stereocenters. The number of aliphatic hydroxyl groups excluding tert-OH is 5. The average Bonchev–Trinajstić information content (AvgIpc) is 2.72. The Morgan fingerprint density at radius 3 is 2.35 bits per heavy atom. The number of aliphatic hydroxyl groups is 5. The van der Waals surface area contributed by atoms with Crippen LogP contribution in [0.4, 0.5) is 0 Å². The Labute approximate surface area is 176 Å². The van der Waals surface area contributed by atoms with Crippen molar-refractivity contribution in [3.05, 3.63) is 64.8 Å². The van der Waals surface area contributed by atoms with Crippen LogP contribution in [0.1, 0.15) is 12.5 Å². The quantitative estimate of drug-likeness (QED) is 0.338. The standard InChI is InChI=1S/C21H22O10/c1-8-17(26)18(27)19(28)21(29-8)31-16-7-11-13(24)5-10(22)6-15(11)30-20(16)9-2-3-12(23)14(25)4-9/h2-8,15,17-19,21-28H,1H3/t8-,15?,17-,18+,19+,21-/m0/s1. The van der Waals surface area contributed by atoms with Gasteiger partial charge in [-0.05, 0) is 31.2 Å². The smallest absolute Gasteiger partial charge is 0.229 e. The number of phenolic OH excluding ortho intramolecular Hbond substituents is 2. The van der Waals surface area contributed by atoms with Gasteiger partial charge >= 0.3 is 0 Å². The van der Waals surface area contributed by atoms with Crippen molar-refractivity contribution in [2.45, 2.75) is 43.7 Å². The molecule has 0 aromatic heterocycles. The molecular weight excluding hydrogens is 412 g/mol. The minimum absolute atomic E-state index is 0.0223. The zero-order valence-corrected chi connectivity index (χ0v) is 16.3. The Bertz CT molecular complexity index is 1010. The Morgan fingerprint density at radius 1 is 0.903 bits per heavy atom. The minimum atomic E-state index is -1.59. The van der Waals surface area contributed by atoms with Crippen molar-refractivity contribution >= 4 is 5.76 Å². The molecule has 1 aromatic carbocycles. The van der Waals surface area contributed by atoms with Crippen LogP contribution in [-0.4, -0.2) is 72.6 Å². The van der Waals surface area contributed by atoms with E-state index in [0.717, 1.165) is 6.08 Å². The fraction of sp³-hybridized carbons (Fsp3) is 0.333. The molecule has 31 heavy (non-hydrogen) atoms. The van der Waals surface area contributed by atoms with Crippen LogP contribution in [0.5, 0.6) is 11.5 Å². The largest absolute Gasteiger partial charge is 0.508 e. The number of ether oxygens (including phenoxy) is 3. The summed E-state index contributed by atoms with van der Waals surface area (Å²) in [6.45, 7) is 1.50. The molecule has 0 spiro atoms. The fourth-order valence-corrected chi connectivity index (χ4v) is 3.51. The Kier molecular flexibility index (Phi) is 5.31. The van der Waals surface area contributed by atoms with Gasteiger partial charge in [-0.15, -0.1) is 0 Å². The molecule has 2 aliphatic heterocycles. The Balaban J connectivity index is 1.76. The zero-order valence-electron chi connectivity index (χ0n) is 16.3. The van der Waals surface area contributed by atoms with E-state index in [2.05, 4.69) is 0 Å². The van der Waals surface area contributed by atoms with Gasteiger partial charge in [-0.3, -0.25) is 0 Å². The molecule has 3 aliphatic rings. The van der Waals surface area contributed by atoms with Crippen molar-refractivity contribution < 1.29 is 50.0 Å². The molecule has 4 rings (SSSR count). The van der Waals surface area contributed by atoms with E-state index < -0.39 is 42.6 Å². The molecule has 10 nitrogen and oxygen atoms in total. The van der Waals surface area contributed by atoms with E-state index in [4.69, 9.17) is 14.2 Å². The highest BCUT2D eigenvalue weighted by atomic mass is 16.7. The highest BCUT2D eigenvalue weighted by Gasteiger charge is 2.44. The summed E-state index contributed by atoms with van der Waals surface area (Å²) >= 11 is 0. The molecule has 0 saturated carbocycles. The lowest BCUT2D eigenvalue weighted by Crippen LogP contribution is -2.57. The lowest BCUT2D eigenvalue weighted by atomic mass is 9.97. The maximum atomic E-state index is 10.3. The lowest BCUT2D eigenvalue weighted by Gasteiger charge is -2.39. The highest BCUT2D eigenvalue weighted by Crippen LogP contribution is 2.39. The summed E-state index contributed by atoms with van der Waals surface area (Å²) in [5, 5.41) is 69.7. The minimum Gasteiger partial charge on any atom is -0.508 e. The number of rotatable bonds is 3. The van der Waals surface area contributed by atoms with Gasteiger partial charge < -0.3 is 50.0 Å². The first-order valence-electron chi connectivity index (χ1n) is 9.48. The number of fused-ring (bicyclic) bond motifs is 1. The third-order valence-corrected chi connectivity index (χ3v) is 5.25. The SMILES string of the molecule is C[C@@H]1O[C@@H](OC2=C(c3ccc(O)c(O)c3)OC3C=C(O)C=C(O)C3=C2)[C@H](O)[C@H](O)[C@H]1O. The van der Waals surface area contributed by atoms with Gasteiger partial charge in [-0.25, -0.2) is 0 Å². The van der Waals surface area contributed by atoms with Crippen molar-refractivity contribution in [3.8, 4) is 11.5 Å². The summed E-state index contributed by atoms with van der Waals surface area (Å²) in [6.07, 6.45) is -3.69. The predicted octanol–water partition coefficient (Wildman–Crippen LogP) is 0.833. The van der Waals surface area contributed by atoms with Gasteiger partial charge in [0, 0.05) is 23.3 Å². The second kappa shape index (κ2) is 7.82. The molecule has 0 bridgehead atoms. The van der Waals surface area contributed by atoms with Gasteiger partial charge in [-0.1, -0.05) is 0 Å². The maximum absolute atomic E-state index is 10.3. The number of hydrogen-bond acceptors (Lipinski definition) is 10. The average molecular weight is 434 g/mol. The van der Waals surface area contributed by atoms with Crippen LogP contribution in [0.2, 0.25) is 0 Å². The summed E-state index contributed by atoms with van der Waals surface area (Å²) < 4.78 is 17.1. The number of aromatic hydroxyl groups is 2. The van der Waals surface area contributed by atoms with Crippen molar-refractivity contribution in [3.63, 3.8) is 0 Å².